The Labute approximate surface area is 172 Å². The van der Waals surface area contributed by atoms with Gasteiger partial charge in [-0.2, -0.15) is 5.10 Å². The van der Waals surface area contributed by atoms with Crippen LogP contribution in [0.3, 0.4) is 0 Å². The van der Waals surface area contributed by atoms with Gasteiger partial charge < -0.3 is 4.90 Å². The summed E-state index contributed by atoms with van der Waals surface area (Å²) < 4.78 is 1.83. The summed E-state index contributed by atoms with van der Waals surface area (Å²) in [5, 5.41) is 9.29. The smallest absolute Gasteiger partial charge is 0.233 e. The molecule has 4 rings (SSSR count). The maximum atomic E-state index is 13.3. The van der Waals surface area contributed by atoms with Gasteiger partial charge in [-0.05, 0) is 35.1 Å². The first kappa shape index (κ1) is 19.6. The maximum absolute atomic E-state index is 13.3. The van der Waals surface area contributed by atoms with Crippen LogP contribution in [0.4, 0.5) is 0 Å². The van der Waals surface area contributed by atoms with Gasteiger partial charge in [0.1, 0.15) is 0 Å². The number of nitrogens with one attached hydrogen (secondary N) is 1. The fraction of sp³-hybridized carbons (Fsp3) is 0.417. The van der Waals surface area contributed by atoms with Crippen LogP contribution in [-0.2, 0) is 22.8 Å². The zero-order valence-corrected chi connectivity index (χ0v) is 18.2. The van der Waals surface area contributed by atoms with E-state index in [2.05, 4.69) is 80.6 Å². The van der Waals surface area contributed by atoms with Crippen LogP contribution < -0.4 is 5.32 Å². The second-order valence-corrected chi connectivity index (χ2v) is 9.45. The summed E-state index contributed by atoms with van der Waals surface area (Å²) in [7, 11) is 3.78. The second kappa shape index (κ2) is 6.70. The van der Waals surface area contributed by atoms with Crippen molar-refractivity contribution in [2.75, 3.05) is 13.7 Å². The highest BCUT2D eigenvalue weighted by Crippen LogP contribution is 2.41. The Morgan fingerprint density at radius 2 is 1.79 bits per heavy atom. The molecule has 1 aliphatic rings. The first-order valence-corrected chi connectivity index (χ1v) is 10.1. The molecule has 2 atom stereocenters. The van der Waals surface area contributed by atoms with E-state index in [4.69, 9.17) is 0 Å². The van der Waals surface area contributed by atoms with Gasteiger partial charge in [-0.15, -0.1) is 0 Å². The molecule has 0 spiro atoms. The third-order valence-electron chi connectivity index (χ3n) is 6.22. The van der Waals surface area contributed by atoms with Crippen LogP contribution in [0.5, 0.6) is 0 Å². The molecule has 5 heteroatoms. The molecule has 1 N–H and O–H groups in total. The van der Waals surface area contributed by atoms with Gasteiger partial charge in [0, 0.05) is 25.7 Å². The van der Waals surface area contributed by atoms with Crippen molar-refractivity contribution >= 4 is 16.8 Å². The molecule has 29 heavy (non-hydrogen) atoms. The Balaban J connectivity index is 1.81. The Hall–Kier alpha value is -2.66. The lowest BCUT2D eigenvalue weighted by Gasteiger charge is -2.45. The number of nitrogens with zero attached hydrogens (tertiary/aromatic N) is 3. The van der Waals surface area contributed by atoms with Crippen molar-refractivity contribution in [2.45, 2.75) is 44.6 Å². The van der Waals surface area contributed by atoms with Crippen LogP contribution in [-0.4, -0.2) is 34.3 Å². The highest BCUT2D eigenvalue weighted by Gasteiger charge is 2.46. The van der Waals surface area contributed by atoms with Crippen LogP contribution in [0.1, 0.15) is 50.3 Å². The van der Waals surface area contributed by atoms with Crippen molar-refractivity contribution in [2.24, 2.45) is 7.05 Å². The van der Waals surface area contributed by atoms with Crippen molar-refractivity contribution in [1.82, 2.24) is 20.0 Å². The first-order chi connectivity index (χ1) is 13.6. The van der Waals surface area contributed by atoms with E-state index in [0.717, 1.165) is 22.0 Å². The molecule has 0 unspecified atom stereocenters. The van der Waals surface area contributed by atoms with Gasteiger partial charge in [-0.25, -0.2) is 0 Å². The maximum Gasteiger partial charge on any atom is 0.233 e. The Morgan fingerprint density at radius 3 is 2.45 bits per heavy atom. The van der Waals surface area contributed by atoms with Crippen LogP contribution >= 0.6 is 0 Å². The van der Waals surface area contributed by atoms with Gasteiger partial charge in [-0.1, -0.05) is 57.2 Å². The summed E-state index contributed by atoms with van der Waals surface area (Å²) in [6.07, 6.45) is 2.01. The van der Waals surface area contributed by atoms with E-state index < -0.39 is 5.54 Å². The quantitative estimate of drug-likeness (QED) is 0.722. The predicted octanol–water partition coefficient (Wildman–Crippen LogP) is 3.89. The third kappa shape index (κ3) is 3.33. The lowest BCUT2D eigenvalue weighted by molar-refractivity contribution is -0.138. The van der Waals surface area contributed by atoms with Crippen molar-refractivity contribution in [3.05, 3.63) is 65.4 Å². The number of carbonyl (C=O) groups is 1. The van der Waals surface area contributed by atoms with Gasteiger partial charge in [-0.3, -0.25) is 14.8 Å². The fourth-order valence-electron chi connectivity index (χ4n) is 4.31. The Morgan fingerprint density at radius 1 is 1.10 bits per heavy atom. The zero-order chi connectivity index (χ0) is 21.0. The summed E-state index contributed by atoms with van der Waals surface area (Å²) in [4.78, 5) is 15.1. The minimum absolute atomic E-state index is 0.0808. The minimum Gasteiger partial charge on any atom is -0.332 e. The molecule has 0 saturated carbocycles. The normalized spacial score (nSPS) is 23.0. The molecular weight excluding hydrogens is 360 g/mol. The topological polar surface area (TPSA) is 50.2 Å². The fourth-order valence-corrected chi connectivity index (χ4v) is 4.31. The third-order valence-corrected chi connectivity index (χ3v) is 6.22. The molecule has 2 aromatic carbocycles. The average Bonchev–Trinajstić information content (AvgIpc) is 3.04. The van der Waals surface area contributed by atoms with Gasteiger partial charge in [0.2, 0.25) is 5.91 Å². The Bertz CT molecular complexity index is 1060. The van der Waals surface area contributed by atoms with Gasteiger partial charge in [0.05, 0.1) is 23.6 Å². The number of aryl methyl sites for hydroxylation is 1. The number of rotatable bonds is 2. The molecular formula is C24H30N4O. The first-order valence-electron chi connectivity index (χ1n) is 10.1. The van der Waals surface area contributed by atoms with Gasteiger partial charge in [0.25, 0.3) is 0 Å². The number of aromatic nitrogens is 2. The van der Waals surface area contributed by atoms with E-state index in [0.29, 0.717) is 6.67 Å². The van der Waals surface area contributed by atoms with E-state index in [1.54, 1.807) is 4.90 Å². The second-order valence-electron chi connectivity index (χ2n) is 9.45. The number of hydrogen-bond donors (Lipinski definition) is 1. The van der Waals surface area contributed by atoms with Crippen molar-refractivity contribution in [3.8, 4) is 0 Å². The molecule has 0 radical (unpaired) electrons. The molecule has 0 bridgehead atoms. The summed E-state index contributed by atoms with van der Waals surface area (Å²) in [6, 6.07) is 14.8. The SMILES string of the molecule is CN1CN[C@](C)(c2ccc3cn(C)nc3c2)[C@@H](c2ccc(C(C)(C)C)cc2)C1=O. The van der Waals surface area contributed by atoms with Crippen LogP contribution in [0.15, 0.2) is 48.7 Å². The molecule has 1 fully saturated rings. The van der Waals surface area contributed by atoms with Crippen molar-refractivity contribution in [1.29, 1.82) is 0 Å². The lowest BCUT2D eigenvalue weighted by atomic mass is 9.73. The van der Waals surface area contributed by atoms with E-state index in [1.807, 2.05) is 25.0 Å². The van der Waals surface area contributed by atoms with Crippen LogP contribution in [0.2, 0.25) is 0 Å². The molecule has 3 aromatic rings. The summed E-state index contributed by atoms with van der Waals surface area (Å²) in [5.41, 5.74) is 3.89. The molecule has 1 saturated heterocycles. The molecule has 1 aromatic heterocycles. The summed E-state index contributed by atoms with van der Waals surface area (Å²) >= 11 is 0. The molecule has 0 aliphatic carbocycles. The minimum atomic E-state index is -0.515. The van der Waals surface area contributed by atoms with E-state index in [9.17, 15) is 4.79 Å². The van der Waals surface area contributed by atoms with Crippen LogP contribution in [0.25, 0.3) is 10.9 Å². The van der Waals surface area contributed by atoms with Crippen molar-refractivity contribution < 1.29 is 4.79 Å². The summed E-state index contributed by atoms with van der Waals surface area (Å²) in [5.74, 6) is -0.174. The standard InChI is InChI=1S/C24H30N4O/c1-23(2,3)18-10-7-16(8-11-18)21-22(29)27(5)15-25-24(21,4)19-12-9-17-14-28(6)26-20(17)13-19/h7-14,21,25H,15H2,1-6H3/t21-,24+/m0/s1. The monoisotopic (exact) mass is 390 g/mol. The molecule has 1 aliphatic heterocycles. The number of carbonyl (C=O) groups excluding carboxylic acids is 1. The number of likely N-dealkylation sites (N-methyl/N-ethyl adjacent to an activating group) is 1. The van der Waals surface area contributed by atoms with E-state index in [1.165, 1.54) is 5.56 Å². The molecule has 5 nitrogen and oxygen atoms in total. The molecule has 1 amide bonds. The van der Waals surface area contributed by atoms with Crippen molar-refractivity contribution in [3.63, 3.8) is 0 Å². The largest absolute Gasteiger partial charge is 0.332 e. The average molecular weight is 391 g/mol. The number of fused-ring (bicyclic) bond motifs is 1. The number of amides is 1. The number of benzene rings is 2. The van der Waals surface area contributed by atoms with Gasteiger partial charge in [0.15, 0.2) is 0 Å². The zero-order valence-electron chi connectivity index (χ0n) is 18.2. The van der Waals surface area contributed by atoms with E-state index in [-0.39, 0.29) is 17.2 Å². The predicted molar refractivity (Wildman–Crippen MR) is 117 cm³/mol. The molecule has 2 heterocycles. The Kier molecular flexibility index (Phi) is 4.54. The summed E-state index contributed by atoms with van der Waals surface area (Å²) in [6.45, 7) is 9.26. The highest BCUT2D eigenvalue weighted by atomic mass is 16.2. The van der Waals surface area contributed by atoms with E-state index >= 15 is 0 Å². The van der Waals surface area contributed by atoms with Crippen LogP contribution in [0, 0.1) is 0 Å². The molecule has 152 valence electrons. The number of hydrogen-bond acceptors (Lipinski definition) is 3. The highest BCUT2D eigenvalue weighted by molar-refractivity contribution is 5.87. The van der Waals surface area contributed by atoms with Gasteiger partial charge >= 0.3 is 0 Å². The lowest BCUT2D eigenvalue weighted by Crippen LogP contribution is -2.59.